The van der Waals surface area contributed by atoms with E-state index >= 15 is 4.39 Å². The number of rotatable bonds is 9. The quantitative estimate of drug-likeness (QED) is 0.224. The fraction of sp³-hybridized carbons (Fsp3) is 0.433. The van der Waals surface area contributed by atoms with Gasteiger partial charge in [-0.3, -0.25) is 4.90 Å². The molecule has 0 spiro atoms. The molecule has 12 heteroatoms. The number of aromatic nitrogens is 3. The van der Waals surface area contributed by atoms with Crippen molar-refractivity contribution in [1.29, 1.82) is 0 Å². The zero-order chi connectivity index (χ0) is 29.6. The van der Waals surface area contributed by atoms with Crippen molar-refractivity contribution in [2.45, 2.75) is 51.2 Å². The van der Waals surface area contributed by atoms with E-state index in [0.717, 1.165) is 38.8 Å². The molecule has 0 aliphatic carbocycles. The number of aliphatic hydroxyl groups is 1. The third kappa shape index (κ3) is 5.03. The Bertz CT molecular complexity index is 1660. The molecule has 2 aromatic carbocycles. The Morgan fingerprint density at radius 3 is 2.57 bits per heavy atom. The van der Waals surface area contributed by atoms with Crippen molar-refractivity contribution in [1.82, 2.24) is 19.9 Å². The number of aliphatic hydroxyl groups excluding tert-OH is 1. The Balaban J connectivity index is 1.56. The largest absolute Gasteiger partial charge is 0.508 e. The molecule has 2 aromatic heterocycles. The molecule has 2 aliphatic rings. The number of ether oxygens (including phenoxy) is 2. The Morgan fingerprint density at radius 2 is 1.86 bits per heavy atom. The summed E-state index contributed by atoms with van der Waals surface area (Å²) in [4.78, 5) is 16.0. The van der Waals surface area contributed by atoms with Crippen LogP contribution in [-0.4, -0.2) is 74.6 Å². The highest BCUT2D eigenvalue weighted by molar-refractivity contribution is 6.37. The number of hydrogen-bond acceptors (Lipinski definition) is 9. The van der Waals surface area contributed by atoms with Crippen LogP contribution in [0.4, 0.5) is 14.6 Å². The zero-order valence-electron chi connectivity index (χ0n) is 23.4. The minimum Gasteiger partial charge on any atom is -0.508 e. The van der Waals surface area contributed by atoms with Crippen LogP contribution >= 0.6 is 11.6 Å². The minimum atomic E-state index is -0.853. The first-order chi connectivity index (χ1) is 20.2. The van der Waals surface area contributed by atoms with Gasteiger partial charge in [-0.25, -0.2) is 13.8 Å². The summed E-state index contributed by atoms with van der Waals surface area (Å²) in [6.45, 7) is 5.91. The lowest BCUT2D eigenvalue weighted by Crippen LogP contribution is -2.43. The number of fused-ring (bicyclic) bond motifs is 3. The van der Waals surface area contributed by atoms with E-state index in [1.54, 1.807) is 13.8 Å². The van der Waals surface area contributed by atoms with Gasteiger partial charge >= 0.3 is 6.01 Å². The SMILES string of the molecule is CC(C)Oc1nc(-c2cc(O)cc3ccc(F)c(Cl)c23)c(F)c2nc(OCC34CCCN3CCC4)nc(NCCO)c12. The van der Waals surface area contributed by atoms with Crippen molar-refractivity contribution < 1.29 is 28.5 Å². The Hall–Kier alpha value is -3.54. The Labute approximate surface area is 246 Å². The van der Waals surface area contributed by atoms with Crippen LogP contribution < -0.4 is 14.8 Å². The summed E-state index contributed by atoms with van der Waals surface area (Å²) in [5.41, 5.74) is -0.399. The van der Waals surface area contributed by atoms with Gasteiger partial charge in [-0.05, 0) is 76.2 Å². The number of phenolic OH excluding ortho intramolecular Hbond substituents is 1. The van der Waals surface area contributed by atoms with Crippen molar-refractivity contribution in [3.63, 3.8) is 0 Å². The number of pyridine rings is 1. The second-order valence-electron chi connectivity index (χ2n) is 11.1. The molecule has 3 N–H and O–H groups in total. The summed E-state index contributed by atoms with van der Waals surface area (Å²) < 4.78 is 43.4. The average molecular weight is 600 g/mol. The van der Waals surface area contributed by atoms with Crippen LogP contribution in [0.1, 0.15) is 39.5 Å². The number of hydrogen-bond donors (Lipinski definition) is 3. The molecule has 4 heterocycles. The van der Waals surface area contributed by atoms with Crippen LogP contribution in [0.3, 0.4) is 0 Å². The fourth-order valence-electron chi connectivity index (χ4n) is 6.20. The molecular formula is C30H32ClF2N5O4. The van der Waals surface area contributed by atoms with Crippen molar-refractivity contribution >= 4 is 39.1 Å². The molecule has 6 rings (SSSR count). The van der Waals surface area contributed by atoms with E-state index in [4.69, 9.17) is 21.1 Å². The van der Waals surface area contributed by atoms with Gasteiger partial charge in [-0.1, -0.05) is 17.7 Å². The van der Waals surface area contributed by atoms with Crippen LogP contribution in [0.2, 0.25) is 5.02 Å². The molecule has 9 nitrogen and oxygen atoms in total. The van der Waals surface area contributed by atoms with E-state index in [-0.39, 0.29) is 80.8 Å². The number of benzene rings is 2. The number of halogens is 3. The topological polar surface area (TPSA) is 113 Å². The van der Waals surface area contributed by atoms with E-state index < -0.39 is 11.6 Å². The fourth-order valence-corrected chi connectivity index (χ4v) is 6.48. The highest BCUT2D eigenvalue weighted by Gasteiger charge is 2.45. The number of phenols is 1. The van der Waals surface area contributed by atoms with E-state index in [9.17, 15) is 14.6 Å². The summed E-state index contributed by atoms with van der Waals surface area (Å²) in [6.07, 6.45) is 3.83. The Kier molecular flexibility index (Phi) is 7.67. The van der Waals surface area contributed by atoms with E-state index in [1.807, 2.05) is 0 Å². The normalized spacial score (nSPS) is 16.5. The molecule has 42 heavy (non-hydrogen) atoms. The van der Waals surface area contributed by atoms with Crippen molar-refractivity contribution in [2.24, 2.45) is 0 Å². The predicted molar refractivity (Wildman–Crippen MR) is 156 cm³/mol. The maximum atomic E-state index is 16.6. The third-order valence-electron chi connectivity index (χ3n) is 8.01. The number of aromatic hydroxyl groups is 1. The van der Waals surface area contributed by atoms with Gasteiger partial charge in [0.15, 0.2) is 5.82 Å². The molecule has 0 atom stereocenters. The highest BCUT2D eigenvalue weighted by Crippen LogP contribution is 2.43. The van der Waals surface area contributed by atoms with Crippen LogP contribution in [0, 0.1) is 11.6 Å². The van der Waals surface area contributed by atoms with Gasteiger partial charge in [-0.15, -0.1) is 0 Å². The lowest BCUT2D eigenvalue weighted by molar-refractivity contribution is 0.108. The first kappa shape index (κ1) is 28.6. The molecule has 0 amide bonds. The maximum Gasteiger partial charge on any atom is 0.319 e. The van der Waals surface area contributed by atoms with Gasteiger partial charge in [0.25, 0.3) is 0 Å². The summed E-state index contributed by atoms with van der Waals surface area (Å²) in [6, 6.07) is 5.28. The van der Waals surface area contributed by atoms with E-state index in [2.05, 4.69) is 25.2 Å². The molecule has 0 radical (unpaired) electrons. The van der Waals surface area contributed by atoms with Crippen molar-refractivity contribution in [2.75, 3.05) is 38.2 Å². The molecule has 0 bridgehead atoms. The summed E-state index contributed by atoms with van der Waals surface area (Å²) in [5, 5.41) is 23.5. The van der Waals surface area contributed by atoms with Crippen molar-refractivity contribution in [3.8, 4) is 28.9 Å². The highest BCUT2D eigenvalue weighted by atomic mass is 35.5. The first-order valence-corrected chi connectivity index (χ1v) is 14.5. The summed E-state index contributed by atoms with van der Waals surface area (Å²) >= 11 is 6.36. The summed E-state index contributed by atoms with van der Waals surface area (Å²) in [7, 11) is 0. The third-order valence-corrected chi connectivity index (χ3v) is 8.38. The zero-order valence-corrected chi connectivity index (χ0v) is 24.1. The van der Waals surface area contributed by atoms with Crippen LogP contribution in [-0.2, 0) is 0 Å². The van der Waals surface area contributed by atoms with Gasteiger partial charge in [0.05, 0.1) is 23.3 Å². The molecule has 2 aliphatic heterocycles. The monoisotopic (exact) mass is 599 g/mol. The van der Waals surface area contributed by atoms with Crippen LogP contribution in [0.15, 0.2) is 24.3 Å². The first-order valence-electron chi connectivity index (χ1n) is 14.1. The minimum absolute atomic E-state index is 0.0174. The molecular weight excluding hydrogens is 568 g/mol. The van der Waals surface area contributed by atoms with E-state index in [0.29, 0.717) is 12.0 Å². The lowest BCUT2D eigenvalue weighted by Gasteiger charge is -2.31. The second-order valence-corrected chi connectivity index (χ2v) is 11.5. The molecule has 0 unspecified atom stereocenters. The van der Waals surface area contributed by atoms with Crippen molar-refractivity contribution in [3.05, 3.63) is 40.9 Å². The number of nitrogens with one attached hydrogen (secondary N) is 1. The van der Waals surface area contributed by atoms with Gasteiger partial charge in [0, 0.05) is 17.5 Å². The molecule has 2 saturated heterocycles. The Morgan fingerprint density at radius 1 is 1.10 bits per heavy atom. The summed E-state index contributed by atoms with van der Waals surface area (Å²) in [5.74, 6) is -1.52. The smallest absolute Gasteiger partial charge is 0.319 e. The van der Waals surface area contributed by atoms with Gasteiger partial charge in [-0.2, -0.15) is 9.97 Å². The van der Waals surface area contributed by atoms with E-state index in [1.165, 1.54) is 24.3 Å². The predicted octanol–water partition coefficient (Wildman–Crippen LogP) is 5.68. The standard InChI is InChI=1S/C30H32ClF2N5O4/c1-16(2)42-28-22-26(24(33)25(35-28)19-14-18(40)13-17-5-6-20(32)23(31)21(17)19)36-29(37-27(22)34-9-12-39)41-15-30-7-3-10-38(30)11-4-8-30/h5-6,13-14,16,39-40H,3-4,7-12,15H2,1-2H3,(H,34,36,37). The molecule has 4 aromatic rings. The molecule has 0 saturated carbocycles. The van der Waals surface area contributed by atoms with Gasteiger partial charge in [0.1, 0.15) is 40.6 Å². The van der Waals surface area contributed by atoms with Gasteiger partial charge in [0.2, 0.25) is 5.88 Å². The van der Waals surface area contributed by atoms with Crippen LogP contribution in [0.5, 0.6) is 17.6 Å². The second kappa shape index (κ2) is 11.3. The lowest BCUT2D eigenvalue weighted by atomic mass is 9.95. The molecule has 222 valence electrons. The number of nitrogens with zero attached hydrogens (tertiary/aromatic N) is 4. The maximum absolute atomic E-state index is 16.6. The van der Waals surface area contributed by atoms with Crippen LogP contribution in [0.25, 0.3) is 32.9 Å². The molecule has 2 fully saturated rings. The average Bonchev–Trinajstić information content (AvgIpc) is 3.54. The number of anilines is 1. The van der Waals surface area contributed by atoms with Gasteiger partial charge < -0.3 is 25.0 Å².